The molecule has 6 saturated heterocycles. The number of nitrogens with one attached hydrogen (secondary N) is 2. The molecule has 8 heteroatoms. The minimum absolute atomic E-state index is 0.692. The van der Waals surface area contributed by atoms with Crippen LogP contribution in [0.25, 0.3) is 11.4 Å². The summed E-state index contributed by atoms with van der Waals surface area (Å²) in [5.41, 5.74) is 1.63. The van der Waals surface area contributed by atoms with E-state index in [9.17, 15) is 0 Å². The summed E-state index contributed by atoms with van der Waals surface area (Å²) in [6.07, 6.45) is 4.92. The molecule has 0 aromatic carbocycles. The maximum atomic E-state index is 4.66. The predicted octanol–water partition coefficient (Wildman–Crippen LogP) is 1.08. The molecule has 0 radical (unpaired) electrons. The van der Waals surface area contributed by atoms with Crippen molar-refractivity contribution in [3.63, 3.8) is 0 Å². The van der Waals surface area contributed by atoms with Crippen molar-refractivity contribution in [2.45, 2.75) is 37.8 Å². The van der Waals surface area contributed by atoms with Crippen molar-refractivity contribution in [3.8, 4) is 11.4 Å². The van der Waals surface area contributed by atoms with Gasteiger partial charge in [0.05, 0.1) is 39.3 Å². The Balaban J connectivity index is 1.23. The van der Waals surface area contributed by atoms with Crippen LogP contribution in [0.5, 0.6) is 0 Å². The molecule has 2 N–H and O–H groups in total. The molecular formula is C22H32N8+2. The monoisotopic (exact) mass is 408 g/mol. The summed E-state index contributed by atoms with van der Waals surface area (Å²) in [6, 6.07) is 9.87. The van der Waals surface area contributed by atoms with Crippen molar-refractivity contribution in [1.29, 1.82) is 0 Å². The van der Waals surface area contributed by atoms with Gasteiger partial charge in [0, 0.05) is 63.0 Å². The molecule has 6 aliphatic rings. The first kappa shape index (κ1) is 18.7. The second kappa shape index (κ2) is 7.30. The van der Waals surface area contributed by atoms with Gasteiger partial charge in [-0.3, -0.25) is 8.97 Å². The highest BCUT2D eigenvalue weighted by Gasteiger charge is 2.41. The van der Waals surface area contributed by atoms with E-state index in [0.717, 1.165) is 84.3 Å². The lowest BCUT2D eigenvalue weighted by Gasteiger charge is -2.38. The Morgan fingerprint density at radius 3 is 1.37 bits per heavy atom. The lowest BCUT2D eigenvalue weighted by molar-refractivity contribution is 0.239. The minimum Gasteiger partial charge on any atom is -0.308 e. The average Bonchev–Trinajstić information content (AvgIpc) is 3.33. The largest absolute Gasteiger partial charge is 0.308 e. The zero-order valence-corrected chi connectivity index (χ0v) is 17.6. The molecule has 8 rings (SSSR count). The van der Waals surface area contributed by atoms with Crippen LogP contribution in [-0.2, 0) is 0 Å². The zero-order valence-electron chi connectivity index (χ0n) is 17.6. The number of hydrogen-bond acceptors (Lipinski definition) is 6. The van der Waals surface area contributed by atoms with Gasteiger partial charge < -0.3 is 10.6 Å². The highest BCUT2D eigenvalue weighted by molar-refractivity contribution is 5.55. The van der Waals surface area contributed by atoms with Crippen LogP contribution in [0.3, 0.4) is 0 Å². The zero-order chi connectivity index (χ0) is 20.0. The lowest BCUT2D eigenvalue weighted by Crippen LogP contribution is -2.54. The van der Waals surface area contributed by atoms with Crippen molar-refractivity contribution >= 4 is 11.6 Å². The van der Waals surface area contributed by atoms with Gasteiger partial charge in [-0.25, -0.2) is 0 Å². The van der Waals surface area contributed by atoms with Crippen molar-refractivity contribution in [2.24, 2.45) is 0 Å². The minimum atomic E-state index is 0.692. The molecule has 158 valence electrons. The highest BCUT2D eigenvalue weighted by atomic mass is 15.4. The van der Waals surface area contributed by atoms with E-state index in [1.807, 2.05) is 0 Å². The van der Waals surface area contributed by atoms with E-state index in [2.05, 4.69) is 55.3 Å². The predicted molar refractivity (Wildman–Crippen MR) is 118 cm³/mol. The Kier molecular flexibility index (Phi) is 4.56. The number of piperidine rings is 2. The number of hydrogen-bond donors (Lipinski definition) is 2. The fourth-order valence-corrected chi connectivity index (χ4v) is 6.06. The van der Waals surface area contributed by atoms with Gasteiger partial charge >= 0.3 is 0 Å². The Morgan fingerprint density at radius 1 is 0.567 bits per heavy atom. The Morgan fingerprint density at radius 2 is 1.00 bits per heavy atom. The van der Waals surface area contributed by atoms with Crippen LogP contribution in [0.2, 0.25) is 0 Å². The van der Waals surface area contributed by atoms with E-state index in [1.165, 1.54) is 25.7 Å². The van der Waals surface area contributed by atoms with Gasteiger partial charge in [-0.15, -0.1) is 10.2 Å². The second-order valence-electron chi connectivity index (χ2n) is 9.64. The summed E-state index contributed by atoms with van der Waals surface area (Å²) in [4.78, 5) is 0. The normalized spacial score (nSPS) is 35.7. The standard InChI is InChI=1S/C22H32N8/c1-3-21(29-11-5-17(6-12-29)23-9-15-29)27-25-19(1)20-2-4-22(28-26-20)30-13-7-18(8-14-30)24-10-16-30/h1-4,17-18,23-24H,5-16H2/q+2. The molecule has 0 unspecified atom stereocenters. The molecule has 2 aromatic heterocycles. The second-order valence-corrected chi connectivity index (χ2v) is 9.64. The van der Waals surface area contributed by atoms with Gasteiger partial charge in [0.25, 0.3) is 0 Å². The molecule has 8 heterocycles. The molecule has 4 bridgehead atoms. The third kappa shape index (κ3) is 3.13. The summed E-state index contributed by atoms with van der Waals surface area (Å²) in [5, 5.41) is 25.8. The number of fused-ring (bicyclic) bond motifs is 8. The Labute approximate surface area is 177 Å². The van der Waals surface area contributed by atoms with Gasteiger partial charge in [0.2, 0.25) is 11.6 Å². The number of aromatic nitrogens is 4. The summed E-state index contributed by atoms with van der Waals surface area (Å²) >= 11 is 0. The third-order valence-corrected chi connectivity index (χ3v) is 8.10. The Hall–Kier alpha value is -2.00. The van der Waals surface area contributed by atoms with E-state index in [-0.39, 0.29) is 0 Å². The van der Waals surface area contributed by atoms with Crippen molar-refractivity contribution in [2.75, 3.05) is 52.4 Å². The highest BCUT2D eigenvalue weighted by Crippen LogP contribution is 2.31. The summed E-state index contributed by atoms with van der Waals surface area (Å²) in [5.74, 6) is 2.20. The molecule has 2 aromatic rings. The van der Waals surface area contributed by atoms with Gasteiger partial charge in [-0.1, -0.05) is 10.2 Å². The van der Waals surface area contributed by atoms with Crippen LogP contribution < -0.4 is 19.6 Å². The SMILES string of the molecule is c1cc([N+]23CCNC(CC2)CC3)nnc1-c1ccc([N+]23CCNC(CC2)CC3)nn1. The molecule has 30 heavy (non-hydrogen) atoms. The van der Waals surface area contributed by atoms with Crippen LogP contribution >= 0.6 is 0 Å². The molecule has 6 aliphatic heterocycles. The van der Waals surface area contributed by atoms with Crippen LogP contribution in [-0.4, -0.2) is 84.8 Å². The third-order valence-electron chi connectivity index (χ3n) is 8.10. The summed E-state index contributed by atoms with van der Waals surface area (Å²) in [7, 11) is 0. The number of nitrogens with zero attached hydrogens (tertiary/aromatic N) is 6. The van der Waals surface area contributed by atoms with E-state index in [1.54, 1.807) is 0 Å². The maximum absolute atomic E-state index is 4.66. The van der Waals surface area contributed by atoms with Gasteiger partial charge in [-0.2, -0.15) is 0 Å². The fourth-order valence-electron chi connectivity index (χ4n) is 6.06. The fraction of sp³-hybridized carbons (Fsp3) is 0.636. The molecular weight excluding hydrogens is 376 g/mol. The first-order valence-electron chi connectivity index (χ1n) is 11.6. The molecule has 6 fully saturated rings. The number of quaternary nitrogens is 2. The first-order valence-corrected chi connectivity index (χ1v) is 11.6. The number of rotatable bonds is 3. The topological polar surface area (TPSA) is 75.6 Å². The molecule has 0 atom stereocenters. The van der Waals surface area contributed by atoms with E-state index < -0.39 is 0 Å². The van der Waals surface area contributed by atoms with Gasteiger partial charge in [-0.05, 0) is 12.1 Å². The van der Waals surface area contributed by atoms with Crippen LogP contribution in [0.1, 0.15) is 25.7 Å². The molecule has 8 nitrogen and oxygen atoms in total. The van der Waals surface area contributed by atoms with Crippen LogP contribution in [0, 0.1) is 0 Å². The Bertz CT molecular complexity index is 794. The smallest absolute Gasteiger partial charge is 0.247 e. The van der Waals surface area contributed by atoms with Crippen LogP contribution in [0.4, 0.5) is 11.6 Å². The molecule has 0 saturated carbocycles. The van der Waals surface area contributed by atoms with Gasteiger partial charge in [0.15, 0.2) is 0 Å². The molecule has 0 amide bonds. The van der Waals surface area contributed by atoms with Crippen molar-refractivity contribution in [1.82, 2.24) is 40.0 Å². The summed E-state index contributed by atoms with van der Waals surface area (Å²) < 4.78 is 1.94. The van der Waals surface area contributed by atoms with E-state index in [0.29, 0.717) is 12.1 Å². The van der Waals surface area contributed by atoms with Gasteiger partial charge in [0.1, 0.15) is 11.4 Å². The average molecular weight is 409 g/mol. The van der Waals surface area contributed by atoms with Crippen molar-refractivity contribution < 1.29 is 0 Å². The van der Waals surface area contributed by atoms with Crippen molar-refractivity contribution in [3.05, 3.63) is 24.3 Å². The summed E-state index contributed by atoms with van der Waals surface area (Å²) in [6.45, 7) is 9.00. The lowest BCUT2D eigenvalue weighted by atomic mass is 10.0. The van der Waals surface area contributed by atoms with Crippen LogP contribution in [0.15, 0.2) is 24.3 Å². The van der Waals surface area contributed by atoms with E-state index >= 15 is 0 Å². The quantitative estimate of drug-likeness (QED) is 0.741. The molecule has 0 aliphatic carbocycles. The maximum Gasteiger partial charge on any atom is 0.247 e. The first-order chi connectivity index (χ1) is 14.7. The molecule has 0 spiro atoms. The van der Waals surface area contributed by atoms with E-state index in [4.69, 9.17) is 0 Å².